The Bertz CT molecular complexity index is 673. The van der Waals surface area contributed by atoms with Gasteiger partial charge < -0.3 is 10.2 Å². The molecule has 8 heteroatoms. The Balaban J connectivity index is 2.09. The molecule has 6 nitrogen and oxygen atoms in total. The Hall–Kier alpha value is -1.15. The summed E-state index contributed by atoms with van der Waals surface area (Å²) in [5.41, 5.74) is 0. The van der Waals surface area contributed by atoms with Crippen molar-refractivity contribution >= 4 is 27.5 Å². The van der Waals surface area contributed by atoms with E-state index >= 15 is 0 Å². The number of carbonyl (C=O) groups excluding carboxylic acids is 1. The summed E-state index contributed by atoms with van der Waals surface area (Å²) in [4.78, 5) is 14.7. The average Bonchev–Trinajstić information content (AvgIpc) is 2.60. The van der Waals surface area contributed by atoms with Gasteiger partial charge in [0.05, 0.1) is 11.4 Å². The molecule has 1 aromatic rings. The van der Waals surface area contributed by atoms with Crippen LogP contribution >= 0.6 is 11.6 Å². The van der Waals surface area contributed by atoms with E-state index < -0.39 is 10.0 Å². The minimum atomic E-state index is -3.72. The third kappa shape index (κ3) is 5.17. The molecular formula is C17H26ClN3O3S. The van der Waals surface area contributed by atoms with Crippen molar-refractivity contribution < 1.29 is 13.2 Å². The molecule has 1 saturated heterocycles. The van der Waals surface area contributed by atoms with Gasteiger partial charge in [0.2, 0.25) is 15.9 Å². The third-order valence-corrected chi connectivity index (χ3v) is 6.48. The minimum Gasteiger partial charge on any atom is -0.338 e. The first kappa shape index (κ1) is 20.2. The molecule has 0 aliphatic carbocycles. The summed E-state index contributed by atoms with van der Waals surface area (Å²) in [7, 11) is -2.28. The highest BCUT2D eigenvalue weighted by Crippen LogP contribution is 2.19. The fraction of sp³-hybridized carbons (Fsp3) is 0.588. The molecule has 0 aromatic heterocycles. The lowest BCUT2D eigenvalue weighted by Gasteiger charge is -2.35. The van der Waals surface area contributed by atoms with Gasteiger partial charge in [-0.25, -0.2) is 8.42 Å². The number of hydrogen-bond acceptors (Lipinski definition) is 4. The summed E-state index contributed by atoms with van der Waals surface area (Å²) < 4.78 is 26.4. The van der Waals surface area contributed by atoms with Crippen molar-refractivity contribution in [3.63, 3.8) is 0 Å². The van der Waals surface area contributed by atoms with E-state index in [0.717, 1.165) is 36.7 Å². The Morgan fingerprint density at radius 3 is 2.40 bits per heavy atom. The SMILES string of the molecule is CCCN(C(=O)CN(C)S(=O)(=O)c1ccc(Cl)cc1)C1CCNCC1. The summed E-state index contributed by atoms with van der Waals surface area (Å²) in [5.74, 6) is -0.145. The Morgan fingerprint density at radius 2 is 1.84 bits per heavy atom. The monoisotopic (exact) mass is 387 g/mol. The highest BCUT2D eigenvalue weighted by atomic mass is 35.5. The zero-order valence-electron chi connectivity index (χ0n) is 14.7. The largest absolute Gasteiger partial charge is 0.338 e. The molecule has 1 aromatic carbocycles. The van der Waals surface area contributed by atoms with Crippen molar-refractivity contribution in [2.75, 3.05) is 33.2 Å². The lowest BCUT2D eigenvalue weighted by atomic mass is 10.0. The third-order valence-electron chi connectivity index (χ3n) is 4.41. The highest BCUT2D eigenvalue weighted by Gasteiger charge is 2.29. The highest BCUT2D eigenvalue weighted by molar-refractivity contribution is 7.89. The summed E-state index contributed by atoms with van der Waals surface area (Å²) in [6, 6.07) is 6.15. The lowest BCUT2D eigenvalue weighted by Crippen LogP contribution is -2.49. The number of piperidine rings is 1. The van der Waals surface area contributed by atoms with Crippen LogP contribution in [0.5, 0.6) is 0 Å². The van der Waals surface area contributed by atoms with Gasteiger partial charge in [-0.05, 0) is 56.6 Å². The maximum absolute atomic E-state index is 12.8. The number of likely N-dealkylation sites (N-methyl/N-ethyl adjacent to an activating group) is 1. The lowest BCUT2D eigenvalue weighted by molar-refractivity contribution is -0.134. The molecule has 140 valence electrons. The summed E-state index contributed by atoms with van der Waals surface area (Å²) in [5, 5.41) is 3.76. The first-order valence-electron chi connectivity index (χ1n) is 8.58. The second kappa shape index (κ2) is 8.98. The van der Waals surface area contributed by atoms with Crippen molar-refractivity contribution in [1.29, 1.82) is 0 Å². The van der Waals surface area contributed by atoms with Crippen LogP contribution in [-0.2, 0) is 14.8 Å². The molecule has 0 saturated carbocycles. The minimum absolute atomic E-state index is 0.135. The summed E-state index contributed by atoms with van der Waals surface area (Å²) >= 11 is 5.81. The normalized spacial score (nSPS) is 16.2. The number of nitrogens with zero attached hydrogens (tertiary/aromatic N) is 2. The fourth-order valence-corrected chi connectivity index (χ4v) is 4.27. The quantitative estimate of drug-likeness (QED) is 0.776. The number of amides is 1. The van der Waals surface area contributed by atoms with Crippen LogP contribution in [0.3, 0.4) is 0 Å². The van der Waals surface area contributed by atoms with Gasteiger partial charge >= 0.3 is 0 Å². The number of halogens is 1. The second-order valence-electron chi connectivity index (χ2n) is 6.28. The molecule has 1 amide bonds. The maximum Gasteiger partial charge on any atom is 0.243 e. The zero-order chi connectivity index (χ0) is 18.4. The van der Waals surface area contributed by atoms with Crippen LogP contribution in [0.2, 0.25) is 5.02 Å². The van der Waals surface area contributed by atoms with E-state index in [-0.39, 0.29) is 23.4 Å². The molecule has 1 aliphatic rings. The zero-order valence-corrected chi connectivity index (χ0v) is 16.3. The summed E-state index contributed by atoms with van der Waals surface area (Å²) in [6.45, 7) is 4.29. The fourth-order valence-electron chi connectivity index (χ4n) is 3.02. The van der Waals surface area contributed by atoms with Crippen LogP contribution in [0.1, 0.15) is 26.2 Å². The number of nitrogens with one attached hydrogen (secondary N) is 1. The Morgan fingerprint density at radius 1 is 1.24 bits per heavy atom. The van der Waals surface area contributed by atoms with Crippen molar-refractivity contribution in [2.45, 2.75) is 37.1 Å². The number of benzene rings is 1. The van der Waals surface area contributed by atoms with Gasteiger partial charge in [0.25, 0.3) is 0 Å². The van der Waals surface area contributed by atoms with Crippen LogP contribution in [0.25, 0.3) is 0 Å². The molecule has 1 heterocycles. The smallest absolute Gasteiger partial charge is 0.243 e. The van der Waals surface area contributed by atoms with Crippen LogP contribution in [0.15, 0.2) is 29.2 Å². The number of rotatable bonds is 7. The van der Waals surface area contributed by atoms with Crippen molar-refractivity contribution in [1.82, 2.24) is 14.5 Å². The molecule has 0 bridgehead atoms. The van der Waals surface area contributed by atoms with Crippen molar-refractivity contribution in [2.24, 2.45) is 0 Å². The van der Waals surface area contributed by atoms with Gasteiger partial charge in [-0.1, -0.05) is 18.5 Å². The second-order valence-corrected chi connectivity index (χ2v) is 8.76. The molecular weight excluding hydrogens is 362 g/mol. The van der Waals surface area contributed by atoms with Crippen LogP contribution in [0.4, 0.5) is 0 Å². The molecule has 2 rings (SSSR count). The number of hydrogen-bond donors (Lipinski definition) is 1. The molecule has 1 N–H and O–H groups in total. The van der Waals surface area contributed by atoms with E-state index in [1.165, 1.54) is 31.3 Å². The molecule has 0 radical (unpaired) electrons. The van der Waals surface area contributed by atoms with Crippen LogP contribution in [0, 0.1) is 0 Å². The Labute approximate surface area is 155 Å². The molecule has 0 atom stereocenters. The van der Waals surface area contributed by atoms with E-state index in [4.69, 9.17) is 11.6 Å². The van der Waals surface area contributed by atoms with E-state index in [1.54, 1.807) is 0 Å². The van der Waals surface area contributed by atoms with E-state index in [1.807, 2.05) is 11.8 Å². The van der Waals surface area contributed by atoms with Gasteiger partial charge in [0.15, 0.2) is 0 Å². The Kier molecular flexibility index (Phi) is 7.25. The molecule has 25 heavy (non-hydrogen) atoms. The van der Waals surface area contributed by atoms with Crippen LogP contribution in [-0.4, -0.2) is 62.8 Å². The van der Waals surface area contributed by atoms with Gasteiger partial charge in [-0.2, -0.15) is 4.31 Å². The first-order chi connectivity index (χ1) is 11.9. The van der Waals surface area contributed by atoms with E-state index in [2.05, 4.69) is 5.32 Å². The van der Waals surface area contributed by atoms with E-state index in [0.29, 0.717) is 11.6 Å². The predicted octanol–water partition coefficient (Wildman–Crippen LogP) is 1.95. The summed E-state index contributed by atoms with van der Waals surface area (Å²) in [6.07, 6.45) is 2.65. The van der Waals surface area contributed by atoms with Gasteiger partial charge in [-0.15, -0.1) is 0 Å². The molecule has 0 unspecified atom stereocenters. The van der Waals surface area contributed by atoms with Crippen LogP contribution < -0.4 is 5.32 Å². The van der Waals surface area contributed by atoms with E-state index in [9.17, 15) is 13.2 Å². The number of sulfonamides is 1. The van der Waals surface area contributed by atoms with Gasteiger partial charge in [0, 0.05) is 24.7 Å². The molecule has 0 spiro atoms. The van der Waals surface area contributed by atoms with Crippen molar-refractivity contribution in [3.8, 4) is 0 Å². The topological polar surface area (TPSA) is 69.7 Å². The van der Waals surface area contributed by atoms with Gasteiger partial charge in [0.1, 0.15) is 0 Å². The molecule has 1 aliphatic heterocycles. The maximum atomic E-state index is 12.8. The first-order valence-corrected chi connectivity index (χ1v) is 10.4. The molecule has 1 fully saturated rings. The van der Waals surface area contributed by atoms with Gasteiger partial charge in [-0.3, -0.25) is 4.79 Å². The van der Waals surface area contributed by atoms with Crippen molar-refractivity contribution in [3.05, 3.63) is 29.3 Å². The average molecular weight is 388 g/mol. The number of carbonyl (C=O) groups is 1. The predicted molar refractivity (Wildman–Crippen MR) is 99.2 cm³/mol. The standard InChI is InChI=1S/C17H26ClN3O3S/c1-3-12-21(15-8-10-19-11-9-15)17(22)13-20(2)25(23,24)16-6-4-14(18)5-7-16/h4-7,15,19H,3,8-13H2,1-2H3.